The van der Waals surface area contributed by atoms with Gasteiger partial charge in [-0.2, -0.15) is 0 Å². The lowest BCUT2D eigenvalue weighted by Gasteiger charge is -2.57. The van der Waals surface area contributed by atoms with E-state index in [0.717, 1.165) is 37.8 Å². The van der Waals surface area contributed by atoms with Gasteiger partial charge in [0.05, 0.1) is 30.4 Å². The summed E-state index contributed by atoms with van der Waals surface area (Å²) in [5.41, 5.74) is 3.18. The number of imidazole rings is 1. The second-order valence-electron chi connectivity index (χ2n) is 10.3. The third kappa shape index (κ3) is 3.13. The summed E-state index contributed by atoms with van der Waals surface area (Å²) in [4.78, 5) is 16.4. The highest BCUT2D eigenvalue weighted by Gasteiger charge is 2.57. The van der Waals surface area contributed by atoms with Crippen LogP contribution in [0.1, 0.15) is 64.5 Å². The van der Waals surface area contributed by atoms with E-state index in [1.165, 1.54) is 11.1 Å². The summed E-state index contributed by atoms with van der Waals surface area (Å²) in [6, 6.07) is 8.78. The van der Waals surface area contributed by atoms with Gasteiger partial charge >= 0.3 is 6.09 Å². The maximum atomic E-state index is 12.1. The molecule has 2 heterocycles. The molecule has 2 N–H and O–H groups in total. The number of ether oxygens (including phenoxy) is 1. The first-order valence-electron chi connectivity index (χ1n) is 11.1. The van der Waals surface area contributed by atoms with Gasteiger partial charge < -0.3 is 19.7 Å². The molecule has 6 heteroatoms. The van der Waals surface area contributed by atoms with Crippen molar-refractivity contribution in [3.63, 3.8) is 0 Å². The van der Waals surface area contributed by atoms with Crippen LogP contribution in [0.25, 0.3) is 11.3 Å². The Morgan fingerprint density at radius 1 is 1.27 bits per heavy atom. The van der Waals surface area contributed by atoms with Crippen LogP contribution < -0.4 is 5.32 Å². The molecule has 2 saturated carbocycles. The van der Waals surface area contributed by atoms with Crippen molar-refractivity contribution in [3.8, 4) is 11.3 Å². The maximum Gasteiger partial charge on any atom is 0.407 e. The fraction of sp³-hybridized carbons (Fsp3) is 0.583. The minimum Gasteiger partial charge on any atom is -0.444 e. The van der Waals surface area contributed by atoms with E-state index in [4.69, 9.17) is 4.74 Å². The Morgan fingerprint density at radius 3 is 2.70 bits per heavy atom. The van der Waals surface area contributed by atoms with Crippen molar-refractivity contribution in [2.24, 2.45) is 11.3 Å². The topological polar surface area (TPSA) is 76.4 Å². The molecule has 5 rings (SSSR count). The van der Waals surface area contributed by atoms with Crippen molar-refractivity contribution in [3.05, 3.63) is 42.4 Å². The van der Waals surface area contributed by atoms with Crippen molar-refractivity contribution in [2.75, 3.05) is 0 Å². The van der Waals surface area contributed by atoms with Crippen LogP contribution in [-0.2, 0) is 4.74 Å². The Kier molecular flexibility index (Phi) is 4.47. The standard InChI is InChI=1S/C24H31N3O3/c1-23(2,3)30-22(29)26-15-8-10-24(11-9-15)12-18(21(24)28)20-17-7-5-4-6-16(17)19-13-25-14-27(19)20/h4-7,13-15,18,20-21,28H,8-12H2,1-3H3,(H,26,29)/t15?,18-,20+,21-,24?/m1/s1. The minimum absolute atomic E-state index is 0.0188. The molecule has 160 valence electrons. The number of carbonyl (C=O) groups is 1. The van der Waals surface area contributed by atoms with E-state index in [1.54, 1.807) is 0 Å². The Bertz CT molecular complexity index is 953. The van der Waals surface area contributed by atoms with E-state index in [1.807, 2.05) is 33.3 Å². The molecule has 1 amide bonds. The van der Waals surface area contributed by atoms with Crippen LogP contribution >= 0.6 is 0 Å². The first kappa shape index (κ1) is 19.6. The molecule has 1 aromatic carbocycles. The highest BCUT2D eigenvalue weighted by molar-refractivity contribution is 5.69. The summed E-state index contributed by atoms with van der Waals surface area (Å²) in [5, 5.41) is 14.3. The fourth-order valence-electron chi connectivity index (χ4n) is 5.90. The van der Waals surface area contributed by atoms with Crippen molar-refractivity contribution >= 4 is 6.09 Å². The molecule has 0 radical (unpaired) electrons. The number of nitrogens with zero attached hydrogens (tertiary/aromatic N) is 2. The molecule has 0 bridgehead atoms. The summed E-state index contributed by atoms with van der Waals surface area (Å²) in [6.07, 6.45) is 7.83. The largest absolute Gasteiger partial charge is 0.444 e. The van der Waals surface area contributed by atoms with Crippen molar-refractivity contribution in [1.82, 2.24) is 14.9 Å². The van der Waals surface area contributed by atoms with Gasteiger partial charge in [-0.25, -0.2) is 9.78 Å². The minimum atomic E-state index is -0.485. The van der Waals surface area contributed by atoms with Crippen LogP contribution in [-0.4, -0.2) is 38.5 Å². The van der Waals surface area contributed by atoms with Crippen LogP contribution in [0.5, 0.6) is 0 Å². The average Bonchev–Trinajstić information content (AvgIpc) is 3.27. The number of aliphatic hydroxyl groups is 1. The lowest BCUT2D eigenvalue weighted by Crippen LogP contribution is -2.58. The molecule has 1 spiro atoms. The number of aliphatic hydroxyl groups excluding tert-OH is 1. The number of hydrogen-bond donors (Lipinski definition) is 2. The predicted molar refractivity (Wildman–Crippen MR) is 114 cm³/mol. The van der Waals surface area contributed by atoms with Crippen LogP contribution in [0.2, 0.25) is 0 Å². The van der Waals surface area contributed by atoms with Crippen molar-refractivity contribution in [1.29, 1.82) is 0 Å². The number of carbonyl (C=O) groups excluding carboxylic acids is 1. The van der Waals surface area contributed by atoms with Gasteiger partial charge in [0.15, 0.2) is 0 Å². The number of rotatable bonds is 2. The first-order chi connectivity index (χ1) is 14.3. The van der Waals surface area contributed by atoms with E-state index >= 15 is 0 Å². The second kappa shape index (κ2) is 6.84. The zero-order chi connectivity index (χ0) is 21.1. The number of nitrogens with one attached hydrogen (secondary N) is 1. The maximum absolute atomic E-state index is 12.1. The van der Waals surface area contributed by atoms with Crippen LogP contribution in [0.3, 0.4) is 0 Å². The quantitative estimate of drug-likeness (QED) is 0.776. The van der Waals surface area contributed by atoms with Gasteiger partial charge in [0.25, 0.3) is 0 Å². The van der Waals surface area contributed by atoms with Gasteiger partial charge in [0, 0.05) is 17.5 Å². The molecular weight excluding hydrogens is 378 g/mol. The molecule has 0 saturated heterocycles. The van der Waals surface area contributed by atoms with Crippen molar-refractivity contribution < 1.29 is 14.6 Å². The van der Waals surface area contributed by atoms with Gasteiger partial charge in [-0.1, -0.05) is 24.3 Å². The van der Waals surface area contributed by atoms with Gasteiger partial charge in [-0.3, -0.25) is 0 Å². The van der Waals surface area contributed by atoms with Gasteiger partial charge in [0.2, 0.25) is 0 Å². The van der Waals surface area contributed by atoms with Gasteiger partial charge in [0.1, 0.15) is 5.60 Å². The first-order valence-corrected chi connectivity index (χ1v) is 11.1. The highest BCUT2D eigenvalue weighted by Crippen LogP contribution is 2.60. The van der Waals surface area contributed by atoms with Gasteiger partial charge in [-0.15, -0.1) is 0 Å². The van der Waals surface area contributed by atoms with Crippen LogP contribution in [0.15, 0.2) is 36.8 Å². The predicted octanol–water partition coefficient (Wildman–Crippen LogP) is 4.29. The monoisotopic (exact) mass is 409 g/mol. The zero-order valence-electron chi connectivity index (χ0n) is 18.0. The Morgan fingerprint density at radius 2 is 2.00 bits per heavy atom. The molecule has 2 aromatic rings. The van der Waals surface area contributed by atoms with Crippen LogP contribution in [0, 0.1) is 11.3 Å². The molecule has 3 aliphatic rings. The van der Waals surface area contributed by atoms with Crippen LogP contribution in [0.4, 0.5) is 4.79 Å². The Balaban J connectivity index is 1.24. The lowest BCUT2D eigenvalue weighted by atomic mass is 9.51. The number of benzene rings is 1. The van der Waals surface area contributed by atoms with Crippen molar-refractivity contribution in [2.45, 2.75) is 76.7 Å². The number of aromatic nitrogens is 2. The molecule has 2 fully saturated rings. The molecule has 30 heavy (non-hydrogen) atoms. The number of hydrogen-bond acceptors (Lipinski definition) is 4. The zero-order valence-corrected chi connectivity index (χ0v) is 18.0. The molecule has 6 nitrogen and oxygen atoms in total. The molecule has 1 aromatic heterocycles. The summed E-state index contributed by atoms with van der Waals surface area (Å²) in [5.74, 6) is 0.206. The van der Waals surface area contributed by atoms with E-state index in [9.17, 15) is 9.90 Å². The molecule has 3 atom stereocenters. The smallest absolute Gasteiger partial charge is 0.407 e. The van der Waals surface area contributed by atoms with E-state index < -0.39 is 5.60 Å². The normalized spacial score (nSPS) is 32.3. The molecular formula is C24H31N3O3. The summed E-state index contributed by atoms with van der Waals surface area (Å²) in [7, 11) is 0. The molecule has 2 aliphatic carbocycles. The number of fused-ring (bicyclic) bond motifs is 3. The third-order valence-corrected chi connectivity index (χ3v) is 7.30. The molecule has 0 unspecified atom stereocenters. The number of alkyl carbamates (subject to hydrolysis) is 1. The lowest BCUT2D eigenvalue weighted by molar-refractivity contribution is -0.152. The fourth-order valence-corrected chi connectivity index (χ4v) is 5.90. The Labute approximate surface area is 177 Å². The third-order valence-electron chi connectivity index (χ3n) is 7.30. The SMILES string of the molecule is CC(C)(C)OC(=O)NC1CCC2(CC1)C[C@H]([C@@H]1c3ccccc3-c3cncn31)[C@H]2O. The summed E-state index contributed by atoms with van der Waals surface area (Å²) >= 11 is 0. The Hall–Kier alpha value is -2.34. The highest BCUT2D eigenvalue weighted by atomic mass is 16.6. The average molecular weight is 410 g/mol. The molecule has 1 aliphatic heterocycles. The van der Waals surface area contributed by atoms with Gasteiger partial charge in [-0.05, 0) is 63.9 Å². The van der Waals surface area contributed by atoms with E-state index in [0.29, 0.717) is 0 Å². The van der Waals surface area contributed by atoms with E-state index in [-0.39, 0.29) is 35.6 Å². The number of amides is 1. The van der Waals surface area contributed by atoms with E-state index in [2.05, 4.69) is 39.1 Å². The second-order valence-corrected chi connectivity index (χ2v) is 10.3. The summed E-state index contributed by atoms with van der Waals surface area (Å²) < 4.78 is 7.63. The summed E-state index contributed by atoms with van der Waals surface area (Å²) in [6.45, 7) is 5.63.